The molecule has 3 rings (SSSR count). The van der Waals surface area contributed by atoms with E-state index in [0.29, 0.717) is 11.5 Å². The van der Waals surface area contributed by atoms with Gasteiger partial charge >= 0.3 is 6.61 Å². The zero-order chi connectivity index (χ0) is 20.8. The van der Waals surface area contributed by atoms with Crippen molar-refractivity contribution < 1.29 is 22.3 Å². The molecule has 0 spiro atoms. The number of ether oxygens (including phenoxy) is 1. The molecule has 1 nitrogen and oxygen atoms in total. The van der Waals surface area contributed by atoms with Crippen LogP contribution in [0.15, 0.2) is 24.3 Å². The van der Waals surface area contributed by atoms with E-state index in [1.54, 1.807) is 0 Å². The lowest BCUT2D eigenvalue weighted by atomic mass is 9.74. The van der Waals surface area contributed by atoms with Crippen LogP contribution in [0.4, 0.5) is 17.6 Å². The molecule has 0 saturated heterocycles. The first-order chi connectivity index (χ1) is 14.0. The van der Waals surface area contributed by atoms with Crippen LogP contribution in [0.3, 0.4) is 0 Å². The van der Waals surface area contributed by atoms with Crippen molar-refractivity contribution in [1.29, 1.82) is 0 Å². The van der Waals surface area contributed by atoms with Crippen molar-refractivity contribution >= 4 is 0 Å². The number of rotatable bonds is 7. The SMILES string of the molecule is C/C=C/[C@H]1CC[C@H](CC[C@H]2CC[C@H](c3cc(F)c(OC(F)F)c(F)c3)CC2)CC1. The van der Waals surface area contributed by atoms with Crippen LogP contribution in [0.25, 0.3) is 0 Å². The summed E-state index contributed by atoms with van der Waals surface area (Å²) >= 11 is 0. The van der Waals surface area contributed by atoms with Crippen molar-refractivity contribution in [2.45, 2.75) is 83.7 Å². The van der Waals surface area contributed by atoms with Crippen LogP contribution in [-0.4, -0.2) is 6.61 Å². The van der Waals surface area contributed by atoms with Gasteiger partial charge in [-0.1, -0.05) is 25.0 Å². The highest BCUT2D eigenvalue weighted by molar-refractivity contribution is 5.33. The first-order valence-corrected chi connectivity index (χ1v) is 11.0. The van der Waals surface area contributed by atoms with Gasteiger partial charge in [0.25, 0.3) is 0 Å². The topological polar surface area (TPSA) is 9.23 Å². The van der Waals surface area contributed by atoms with Crippen LogP contribution in [0.2, 0.25) is 0 Å². The number of benzene rings is 1. The molecule has 1 aromatic rings. The summed E-state index contributed by atoms with van der Waals surface area (Å²) in [6.07, 6.45) is 16.2. The van der Waals surface area contributed by atoms with E-state index >= 15 is 0 Å². The van der Waals surface area contributed by atoms with E-state index in [4.69, 9.17) is 0 Å². The zero-order valence-electron chi connectivity index (χ0n) is 17.2. The van der Waals surface area contributed by atoms with Crippen molar-refractivity contribution in [1.82, 2.24) is 0 Å². The Labute approximate surface area is 171 Å². The molecule has 2 saturated carbocycles. The molecule has 2 aliphatic rings. The van der Waals surface area contributed by atoms with Gasteiger partial charge in [0, 0.05) is 0 Å². The maximum absolute atomic E-state index is 14.0. The Kier molecular flexibility index (Phi) is 8.02. The Morgan fingerprint density at radius 2 is 1.41 bits per heavy atom. The molecular weight excluding hydrogens is 380 g/mol. The minimum Gasteiger partial charge on any atom is -0.429 e. The Morgan fingerprint density at radius 1 is 0.897 bits per heavy atom. The van der Waals surface area contributed by atoms with Gasteiger partial charge in [0.15, 0.2) is 17.4 Å². The second kappa shape index (κ2) is 10.5. The third kappa shape index (κ3) is 6.23. The molecule has 0 unspecified atom stereocenters. The summed E-state index contributed by atoms with van der Waals surface area (Å²) in [5.41, 5.74) is 0.558. The number of hydrogen-bond acceptors (Lipinski definition) is 1. The number of alkyl halides is 2. The standard InChI is InChI=1S/C24H32F4O/c1-2-3-16-4-6-17(7-5-16)8-9-18-10-12-19(13-11-18)20-14-21(25)23(22(26)15-20)29-24(27)28/h2-3,14-19,24H,4-13H2,1H3/b3-2+/t16-,17-,18-,19-. The van der Waals surface area contributed by atoms with Gasteiger partial charge in [-0.05, 0) is 99.7 Å². The number of hydrogen-bond donors (Lipinski definition) is 0. The molecule has 0 radical (unpaired) electrons. The zero-order valence-corrected chi connectivity index (χ0v) is 17.2. The monoisotopic (exact) mass is 412 g/mol. The van der Waals surface area contributed by atoms with Gasteiger partial charge in [-0.3, -0.25) is 0 Å². The molecule has 2 fully saturated rings. The summed E-state index contributed by atoms with van der Waals surface area (Å²) in [4.78, 5) is 0. The van der Waals surface area contributed by atoms with Crippen LogP contribution in [0.1, 0.15) is 82.6 Å². The average Bonchev–Trinajstić information content (AvgIpc) is 2.70. The third-order valence-corrected chi connectivity index (χ3v) is 6.88. The van der Waals surface area contributed by atoms with Gasteiger partial charge in [-0.25, -0.2) is 8.78 Å². The lowest BCUT2D eigenvalue weighted by Gasteiger charge is -2.31. The van der Waals surface area contributed by atoms with Crippen molar-refractivity contribution in [3.63, 3.8) is 0 Å². The summed E-state index contributed by atoms with van der Waals surface area (Å²) < 4.78 is 56.5. The van der Waals surface area contributed by atoms with E-state index in [-0.39, 0.29) is 5.92 Å². The maximum atomic E-state index is 14.0. The van der Waals surface area contributed by atoms with E-state index < -0.39 is 24.0 Å². The first kappa shape index (κ1) is 22.2. The molecule has 0 aliphatic heterocycles. The highest BCUT2D eigenvalue weighted by Gasteiger charge is 2.26. The Hall–Kier alpha value is -1.52. The molecule has 0 amide bonds. The van der Waals surface area contributed by atoms with Gasteiger partial charge in [0.05, 0.1) is 0 Å². The highest BCUT2D eigenvalue weighted by atomic mass is 19.3. The second-order valence-corrected chi connectivity index (χ2v) is 8.79. The molecular formula is C24H32F4O. The van der Waals surface area contributed by atoms with Crippen LogP contribution in [-0.2, 0) is 0 Å². The van der Waals surface area contributed by atoms with Crippen molar-refractivity contribution in [2.24, 2.45) is 17.8 Å². The molecule has 0 bridgehead atoms. The molecule has 29 heavy (non-hydrogen) atoms. The van der Waals surface area contributed by atoms with Crippen molar-refractivity contribution in [3.8, 4) is 5.75 Å². The van der Waals surface area contributed by atoms with Crippen molar-refractivity contribution in [3.05, 3.63) is 41.5 Å². The molecule has 0 aromatic heterocycles. The lowest BCUT2D eigenvalue weighted by molar-refractivity contribution is -0.0546. The van der Waals surface area contributed by atoms with Crippen LogP contribution < -0.4 is 4.74 Å². The van der Waals surface area contributed by atoms with Gasteiger partial charge in [0.2, 0.25) is 0 Å². The lowest BCUT2D eigenvalue weighted by Crippen LogP contribution is -2.17. The van der Waals surface area contributed by atoms with Gasteiger partial charge in [-0.2, -0.15) is 8.78 Å². The largest absolute Gasteiger partial charge is 0.429 e. The predicted octanol–water partition coefficient (Wildman–Crippen LogP) is 8.00. The van der Waals surface area contributed by atoms with E-state index in [1.807, 2.05) is 0 Å². The van der Waals surface area contributed by atoms with E-state index in [0.717, 1.165) is 49.7 Å². The molecule has 162 valence electrons. The Morgan fingerprint density at radius 3 is 1.90 bits per heavy atom. The fraction of sp³-hybridized carbons (Fsp3) is 0.667. The third-order valence-electron chi connectivity index (χ3n) is 6.88. The summed E-state index contributed by atoms with van der Waals surface area (Å²) in [6.45, 7) is -1.14. The van der Waals surface area contributed by atoms with E-state index in [2.05, 4.69) is 23.8 Å². The molecule has 5 heteroatoms. The number of halogens is 4. The fourth-order valence-electron chi connectivity index (χ4n) is 5.21. The van der Waals surface area contributed by atoms with Gasteiger partial charge < -0.3 is 4.74 Å². The smallest absolute Gasteiger partial charge is 0.387 e. The van der Waals surface area contributed by atoms with Crippen molar-refractivity contribution in [2.75, 3.05) is 0 Å². The minimum absolute atomic E-state index is 0.0899. The van der Waals surface area contributed by atoms with Gasteiger partial charge in [0.1, 0.15) is 0 Å². The van der Waals surface area contributed by atoms with Crippen LogP contribution in [0, 0.1) is 29.4 Å². The summed E-state index contributed by atoms with van der Waals surface area (Å²) in [5.74, 6) is -0.680. The Balaban J connectivity index is 1.45. The molecule has 2 aliphatic carbocycles. The quantitative estimate of drug-likeness (QED) is 0.326. The normalized spacial score (nSPS) is 28.2. The van der Waals surface area contributed by atoms with E-state index in [9.17, 15) is 17.6 Å². The summed E-state index contributed by atoms with van der Waals surface area (Å²) in [5, 5.41) is 0. The fourth-order valence-corrected chi connectivity index (χ4v) is 5.21. The number of allylic oxidation sites excluding steroid dienone is 2. The molecule has 1 aromatic carbocycles. The van der Waals surface area contributed by atoms with E-state index in [1.165, 1.54) is 38.5 Å². The van der Waals surface area contributed by atoms with Crippen LogP contribution in [0.5, 0.6) is 5.75 Å². The highest BCUT2D eigenvalue weighted by Crippen LogP contribution is 2.41. The average molecular weight is 413 g/mol. The predicted molar refractivity (Wildman–Crippen MR) is 107 cm³/mol. The van der Waals surface area contributed by atoms with Crippen LogP contribution >= 0.6 is 0 Å². The second-order valence-electron chi connectivity index (χ2n) is 8.79. The Bertz CT molecular complexity index is 648. The molecule has 0 heterocycles. The first-order valence-electron chi connectivity index (χ1n) is 11.0. The maximum Gasteiger partial charge on any atom is 0.387 e. The summed E-state index contributed by atoms with van der Waals surface area (Å²) in [6, 6.07) is 2.32. The molecule has 0 atom stereocenters. The summed E-state index contributed by atoms with van der Waals surface area (Å²) in [7, 11) is 0. The van der Waals surface area contributed by atoms with Gasteiger partial charge in [-0.15, -0.1) is 0 Å². The molecule has 0 N–H and O–H groups in total. The minimum atomic E-state index is -3.24.